The summed E-state index contributed by atoms with van der Waals surface area (Å²) in [5.41, 5.74) is -0.118. The summed E-state index contributed by atoms with van der Waals surface area (Å²) in [6.45, 7) is 5.42. The van der Waals surface area contributed by atoms with E-state index < -0.39 is 29.5 Å². The Balaban J connectivity index is 1.71. The summed E-state index contributed by atoms with van der Waals surface area (Å²) in [5.74, 6) is -2.24. The van der Waals surface area contributed by atoms with E-state index in [1.54, 1.807) is 19.9 Å². The molecule has 0 bridgehead atoms. The molecule has 1 N–H and O–H groups in total. The van der Waals surface area contributed by atoms with Crippen LogP contribution in [0.2, 0.25) is 0 Å². The van der Waals surface area contributed by atoms with Crippen molar-refractivity contribution in [2.75, 3.05) is 0 Å². The highest BCUT2D eigenvalue weighted by atomic mass is 16.6. The van der Waals surface area contributed by atoms with Gasteiger partial charge in [-0.05, 0) is 38.0 Å². The summed E-state index contributed by atoms with van der Waals surface area (Å²) in [7, 11) is 0. The monoisotopic (exact) mass is 430 g/mol. The van der Waals surface area contributed by atoms with Crippen molar-refractivity contribution in [2.45, 2.75) is 90.3 Å². The number of Topliss-reactive ketones (excluding diaryl/α,β-unsaturated/α-hetero) is 1. The highest BCUT2D eigenvalue weighted by Crippen LogP contribution is 2.50. The summed E-state index contributed by atoms with van der Waals surface area (Å²) in [6.07, 6.45) is 12.3. The molecule has 6 heteroatoms. The number of carbonyl (C=O) groups excluding carboxylic acids is 3. The second-order valence-corrected chi connectivity index (χ2v) is 9.14. The topological polar surface area (TPSA) is 89.9 Å². The number of hydrogen-bond acceptors (Lipinski definition) is 6. The third-order valence-electron chi connectivity index (χ3n) is 6.46. The molecule has 1 aliphatic carbocycles. The van der Waals surface area contributed by atoms with Gasteiger partial charge in [0.1, 0.15) is 17.5 Å². The van der Waals surface area contributed by atoms with Gasteiger partial charge in [-0.2, -0.15) is 0 Å². The fraction of sp³-hybridized carbons (Fsp3) is 0.640. The zero-order chi connectivity index (χ0) is 22.6. The minimum Gasteiger partial charge on any atom is -0.469 e. The van der Waals surface area contributed by atoms with E-state index in [0.29, 0.717) is 29.7 Å². The SMILES string of the molecule is CCCCCCCCCC(=O)[C@@H]1C(=O)O[C@@]2(C)C(=O)C=C3C=C(C[C@H](C)O)OC=C3[C@@H]12. The van der Waals surface area contributed by atoms with Gasteiger partial charge in [0.15, 0.2) is 11.4 Å². The molecule has 31 heavy (non-hydrogen) atoms. The number of esters is 1. The average molecular weight is 431 g/mol. The molecule has 1 fully saturated rings. The van der Waals surface area contributed by atoms with E-state index in [2.05, 4.69) is 6.92 Å². The van der Waals surface area contributed by atoms with Gasteiger partial charge in [-0.3, -0.25) is 14.4 Å². The number of rotatable bonds is 11. The first kappa shape index (κ1) is 23.5. The molecule has 2 heterocycles. The van der Waals surface area contributed by atoms with Gasteiger partial charge in [-0.25, -0.2) is 0 Å². The van der Waals surface area contributed by atoms with Gasteiger partial charge in [0.05, 0.1) is 18.3 Å². The highest BCUT2D eigenvalue weighted by molar-refractivity contribution is 6.09. The van der Waals surface area contributed by atoms with Crippen molar-refractivity contribution in [1.29, 1.82) is 0 Å². The maximum Gasteiger partial charge on any atom is 0.318 e. The fourth-order valence-electron chi connectivity index (χ4n) is 4.76. The van der Waals surface area contributed by atoms with E-state index >= 15 is 0 Å². The molecule has 0 amide bonds. The van der Waals surface area contributed by atoms with Crippen LogP contribution in [0.4, 0.5) is 0 Å². The van der Waals surface area contributed by atoms with Crippen molar-refractivity contribution in [3.05, 3.63) is 35.3 Å². The molecule has 4 atom stereocenters. The summed E-state index contributed by atoms with van der Waals surface area (Å²) >= 11 is 0. The van der Waals surface area contributed by atoms with Gasteiger partial charge in [-0.1, -0.05) is 45.4 Å². The molecule has 0 spiro atoms. The number of aliphatic hydroxyl groups is 1. The lowest BCUT2D eigenvalue weighted by molar-refractivity contribution is -0.156. The molecule has 0 radical (unpaired) electrons. The van der Waals surface area contributed by atoms with Crippen molar-refractivity contribution in [1.82, 2.24) is 0 Å². The van der Waals surface area contributed by atoms with Gasteiger partial charge in [0, 0.05) is 18.4 Å². The van der Waals surface area contributed by atoms with Crippen molar-refractivity contribution in [3.8, 4) is 0 Å². The van der Waals surface area contributed by atoms with Gasteiger partial charge >= 0.3 is 5.97 Å². The molecule has 0 aromatic carbocycles. The van der Waals surface area contributed by atoms with E-state index in [4.69, 9.17) is 9.47 Å². The number of carbonyl (C=O) groups is 3. The van der Waals surface area contributed by atoms with Gasteiger partial charge < -0.3 is 14.6 Å². The molecule has 3 aliphatic rings. The Labute approximate surface area is 184 Å². The Kier molecular flexibility index (Phi) is 7.52. The van der Waals surface area contributed by atoms with Crippen LogP contribution in [-0.2, 0) is 23.9 Å². The van der Waals surface area contributed by atoms with Gasteiger partial charge in [0.25, 0.3) is 0 Å². The second kappa shape index (κ2) is 9.94. The minimum absolute atomic E-state index is 0.166. The largest absolute Gasteiger partial charge is 0.469 e. The smallest absolute Gasteiger partial charge is 0.318 e. The van der Waals surface area contributed by atoms with Crippen molar-refractivity contribution in [2.24, 2.45) is 11.8 Å². The number of ether oxygens (including phenoxy) is 2. The molecule has 6 nitrogen and oxygen atoms in total. The zero-order valence-corrected chi connectivity index (χ0v) is 18.8. The minimum atomic E-state index is -1.38. The third kappa shape index (κ3) is 5.00. The molecule has 0 saturated carbocycles. The Bertz CT molecular complexity index is 818. The fourth-order valence-corrected chi connectivity index (χ4v) is 4.76. The zero-order valence-electron chi connectivity index (χ0n) is 18.8. The van der Waals surface area contributed by atoms with Crippen molar-refractivity contribution in [3.63, 3.8) is 0 Å². The number of allylic oxidation sites excluding steroid dienone is 2. The predicted octanol–water partition coefficient (Wildman–Crippen LogP) is 4.32. The quantitative estimate of drug-likeness (QED) is 0.298. The number of ketones is 2. The summed E-state index contributed by atoms with van der Waals surface area (Å²) in [6, 6.07) is 0. The van der Waals surface area contributed by atoms with Crippen molar-refractivity contribution < 1.29 is 29.0 Å². The molecule has 0 aromatic heterocycles. The molecular weight excluding hydrogens is 396 g/mol. The highest BCUT2D eigenvalue weighted by Gasteiger charge is 2.62. The first-order chi connectivity index (χ1) is 14.8. The molecule has 0 aromatic rings. The van der Waals surface area contributed by atoms with E-state index in [0.717, 1.165) is 19.3 Å². The Hall–Kier alpha value is -2.21. The lowest BCUT2D eigenvalue weighted by Gasteiger charge is -2.35. The first-order valence-corrected chi connectivity index (χ1v) is 11.5. The van der Waals surface area contributed by atoms with E-state index in [-0.39, 0.29) is 11.6 Å². The maximum atomic E-state index is 13.0. The number of hydrogen-bond donors (Lipinski definition) is 1. The molecule has 2 aliphatic heterocycles. The first-order valence-electron chi connectivity index (χ1n) is 11.5. The van der Waals surface area contributed by atoms with Gasteiger partial charge in [0.2, 0.25) is 0 Å². The van der Waals surface area contributed by atoms with Crippen LogP contribution in [0, 0.1) is 11.8 Å². The van der Waals surface area contributed by atoms with Crippen LogP contribution in [0.1, 0.15) is 78.6 Å². The predicted molar refractivity (Wildman–Crippen MR) is 116 cm³/mol. The maximum absolute atomic E-state index is 13.0. The lowest BCUT2D eigenvalue weighted by Crippen LogP contribution is -2.46. The Morgan fingerprint density at radius 1 is 1.13 bits per heavy atom. The number of fused-ring (bicyclic) bond motifs is 3. The summed E-state index contributed by atoms with van der Waals surface area (Å²) < 4.78 is 11.2. The number of aliphatic hydroxyl groups excluding tert-OH is 1. The lowest BCUT2D eigenvalue weighted by atomic mass is 9.67. The Morgan fingerprint density at radius 3 is 2.48 bits per heavy atom. The standard InChI is InChI=1S/C25H34O6/c1-4-5-6-7-8-9-10-11-20(27)22-23-19-15-30-18(12-16(2)26)13-17(19)14-21(28)25(23,3)31-24(22)29/h13-16,22-23,26H,4-12H2,1-3H3/t16-,22-,23-,25-/m0/s1. The van der Waals surface area contributed by atoms with Crippen LogP contribution < -0.4 is 0 Å². The molecule has 1 saturated heterocycles. The average Bonchev–Trinajstić information content (AvgIpc) is 2.98. The molecular formula is C25H34O6. The van der Waals surface area contributed by atoms with E-state index in [1.165, 1.54) is 38.0 Å². The van der Waals surface area contributed by atoms with Crippen LogP contribution in [0.25, 0.3) is 0 Å². The van der Waals surface area contributed by atoms with Gasteiger partial charge in [-0.15, -0.1) is 0 Å². The third-order valence-corrected chi connectivity index (χ3v) is 6.46. The van der Waals surface area contributed by atoms with Crippen LogP contribution in [0.15, 0.2) is 35.3 Å². The second-order valence-electron chi connectivity index (χ2n) is 9.14. The van der Waals surface area contributed by atoms with Crippen molar-refractivity contribution >= 4 is 17.5 Å². The van der Waals surface area contributed by atoms with Crippen LogP contribution in [-0.4, -0.2) is 34.3 Å². The summed E-state index contributed by atoms with van der Waals surface area (Å²) in [5, 5.41) is 9.62. The van der Waals surface area contributed by atoms with E-state index in [9.17, 15) is 19.5 Å². The normalized spacial score (nSPS) is 27.9. The number of unbranched alkanes of at least 4 members (excludes halogenated alkanes) is 6. The van der Waals surface area contributed by atoms with Crippen LogP contribution in [0.3, 0.4) is 0 Å². The summed E-state index contributed by atoms with van der Waals surface area (Å²) in [4.78, 5) is 38.6. The molecule has 0 unspecified atom stereocenters. The van der Waals surface area contributed by atoms with Crippen LogP contribution >= 0.6 is 0 Å². The van der Waals surface area contributed by atoms with Crippen LogP contribution in [0.5, 0.6) is 0 Å². The Morgan fingerprint density at radius 2 is 1.81 bits per heavy atom. The van der Waals surface area contributed by atoms with E-state index in [1.807, 2.05) is 0 Å². The molecule has 170 valence electrons. The molecule has 3 rings (SSSR count).